The smallest absolute Gasteiger partial charge is 0.303 e. The van der Waals surface area contributed by atoms with Crippen LogP contribution in [0.5, 0.6) is 0 Å². The zero-order chi connectivity index (χ0) is 104. The summed E-state index contributed by atoms with van der Waals surface area (Å²) in [7, 11) is 0. The van der Waals surface area contributed by atoms with E-state index in [1.54, 1.807) is 0 Å². The summed E-state index contributed by atoms with van der Waals surface area (Å²) in [6.07, 6.45) is -3.18. The van der Waals surface area contributed by atoms with Crippen LogP contribution in [0.15, 0.2) is 0 Å². The highest BCUT2D eigenvalue weighted by molar-refractivity contribution is 5.80. The minimum absolute atomic E-state index is 0.00678. The van der Waals surface area contributed by atoms with Crippen molar-refractivity contribution in [2.75, 3.05) is 119 Å². The monoisotopic (exact) mass is 2000 g/mol. The van der Waals surface area contributed by atoms with Gasteiger partial charge in [0.25, 0.3) is 0 Å². The number of ether oxygens (including phenoxy) is 18. The van der Waals surface area contributed by atoms with Gasteiger partial charge < -0.3 is 138 Å². The Balaban J connectivity index is 1.67. The van der Waals surface area contributed by atoms with Crippen LogP contribution >= 0.6 is 0 Å². The zero-order valence-electron chi connectivity index (χ0n) is 83.7. The summed E-state index contributed by atoms with van der Waals surface area (Å²) in [5, 5.41) is 27.8. The molecule has 3 saturated heterocycles. The Labute approximate surface area is 818 Å². The number of hydrogen-bond donors (Lipinski definition) is 10. The molecule has 798 valence electrons. The van der Waals surface area contributed by atoms with Gasteiger partial charge in [-0.2, -0.15) is 0 Å². The molecule has 10 amide bonds. The SMILES string of the molecule is CC(=O)NC1C(OC(C)=O)[C@@H](OC(C)=O)C(COC(C)=O)O[C@H]1OCCCCC(=O)NCCCNC(=O)CCOCC(COCCC(=O)NCCCNC(=O)CCCCO[C@@H]1OC(COC(C)=O)[C@H](OC(C)=O)C(OC(C)=O)[C@@H]1NC(C)=O)(COCCC(=O)NCCCNC(=O)CCCCO[C@@H]1OC(COC(C)=O)[C@H](OC(C)=O)C(OC(C)=O)[C@@H]1NC(C)=O)NC(=O)CCCCCCCCCCC(C)C. The molecule has 0 aromatic heterocycles. The first-order valence-corrected chi connectivity index (χ1v) is 48.3. The van der Waals surface area contributed by atoms with Gasteiger partial charge in [-0.25, -0.2) is 0 Å². The van der Waals surface area contributed by atoms with Crippen LogP contribution in [0.4, 0.5) is 0 Å². The van der Waals surface area contributed by atoms with Gasteiger partial charge in [0, 0.05) is 187 Å². The number of unbranched alkanes of at least 4 members (excludes halogenated alkanes) is 10. The Kier molecular flexibility index (Phi) is 62.8. The van der Waals surface area contributed by atoms with Gasteiger partial charge in [-0.05, 0) is 70.1 Å². The molecule has 15 atom stereocenters. The summed E-state index contributed by atoms with van der Waals surface area (Å²) < 4.78 is 103. The van der Waals surface area contributed by atoms with E-state index < -0.39 is 206 Å². The van der Waals surface area contributed by atoms with Crippen LogP contribution in [0.3, 0.4) is 0 Å². The standard InChI is InChI=1S/C93H154N10O37/c1-58(2)32-21-19-17-15-16-18-20-22-36-80(122)103-93(55-123-49-37-77(119)97-43-29-40-94-74(116)33-23-26-46-126-90-81(100-59(3)104)87(135-68(12)113)84(132-65(9)110)71(138-90)52-129-62(6)107,56-124-50-38-78(120)98-44-30-41-95-75(117)34-24-27-47-127-91-82(101-60(4)105)88(136-69(13)114)85(133-66(10)111)72(139-91)53-130-63(7)108)57-125-51-39-79(121)99-45-31-42-96-76(118)35-25-28-48-128-92-83(102-61(5)106)89(137-70(14)115)86(134-67(11)112)73(140-92)54-131-64(8)109/h58,71-73,81-92H,15-57H2,1-14H3,(H,94,116)(H,95,117)(H,96,118)(H,97,119)(H,98,120)(H,99,121)(H,100,104)(H,101,105)(H,102,106)(H,103,122)/t71?,72?,73?,81-,82-,83?,84-,85-,86-,87?,88?,89?,90+,91+,92+,93?/m0/s1. The number of rotatable bonds is 72. The molecule has 3 aliphatic rings. The van der Waals surface area contributed by atoms with Crippen molar-refractivity contribution < 1.29 is 176 Å². The zero-order valence-corrected chi connectivity index (χ0v) is 83.7. The van der Waals surface area contributed by atoms with Crippen LogP contribution in [0, 0.1) is 5.92 Å². The van der Waals surface area contributed by atoms with Crippen LogP contribution in [0.2, 0.25) is 0 Å². The summed E-state index contributed by atoms with van der Waals surface area (Å²) in [6, 6.07) is -3.50. The van der Waals surface area contributed by atoms with Crippen molar-refractivity contribution in [3.63, 3.8) is 0 Å². The lowest BCUT2D eigenvalue weighted by atomic mass is 9.96. The van der Waals surface area contributed by atoms with E-state index in [0.717, 1.165) is 101 Å². The summed E-state index contributed by atoms with van der Waals surface area (Å²) in [6.45, 7) is 16.9. The Bertz CT molecular complexity index is 3520. The predicted molar refractivity (Wildman–Crippen MR) is 492 cm³/mol. The van der Waals surface area contributed by atoms with Gasteiger partial charge in [0.05, 0.1) is 39.6 Å². The van der Waals surface area contributed by atoms with E-state index in [1.165, 1.54) is 33.6 Å². The normalized spacial score (nSPS) is 21.3. The predicted octanol–water partition coefficient (Wildman–Crippen LogP) is 2.01. The second-order valence-electron chi connectivity index (χ2n) is 34.8. The first-order chi connectivity index (χ1) is 66.6. The van der Waals surface area contributed by atoms with Gasteiger partial charge in [0.15, 0.2) is 55.5 Å². The summed E-state index contributed by atoms with van der Waals surface area (Å²) in [5.41, 5.74) is -1.44. The molecule has 0 aromatic rings. The first kappa shape index (κ1) is 124. The Hall–Kier alpha value is -10.4. The first-order valence-electron chi connectivity index (χ1n) is 48.3. The number of nitrogens with one attached hydrogen (secondary N) is 10. The van der Waals surface area contributed by atoms with Gasteiger partial charge in [0.2, 0.25) is 59.1 Å². The lowest BCUT2D eigenvalue weighted by molar-refractivity contribution is -0.277. The van der Waals surface area contributed by atoms with Crippen molar-refractivity contribution in [3.05, 3.63) is 0 Å². The number of amides is 10. The molecule has 140 heavy (non-hydrogen) atoms. The van der Waals surface area contributed by atoms with E-state index in [1.807, 2.05) is 0 Å². The van der Waals surface area contributed by atoms with Crippen molar-refractivity contribution >= 4 is 113 Å². The Morgan fingerprint density at radius 3 is 0.750 bits per heavy atom. The third-order valence-corrected chi connectivity index (χ3v) is 21.3. The van der Waals surface area contributed by atoms with Crippen molar-refractivity contribution in [2.24, 2.45) is 5.92 Å². The average Bonchev–Trinajstić information content (AvgIpc) is 0.796. The van der Waals surface area contributed by atoms with Gasteiger partial charge in [-0.3, -0.25) is 91.1 Å². The topological polar surface area (TPSA) is 611 Å². The molecule has 0 aliphatic carbocycles. The fraction of sp³-hybridized carbons (Fsp3) is 0.796. The van der Waals surface area contributed by atoms with Crippen LogP contribution < -0.4 is 53.2 Å². The molecule has 0 bridgehead atoms. The minimum Gasteiger partial charge on any atom is -0.463 e. The number of hydrogen-bond acceptors (Lipinski definition) is 37. The molecular weight excluding hydrogens is 1850 g/mol. The lowest BCUT2D eigenvalue weighted by Gasteiger charge is -2.44. The van der Waals surface area contributed by atoms with Crippen molar-refractivity contribution in [2.45, 2.75) is 355 Å². The third-order valence-electron chi connectivity index (χ3n) is 21.3. The quantitative estimate of drug-likeness (QED) is 0.0236. The van der Waals surface area contributed by atoms with Crippen LogP contribution in [0.1, 0.15) is 257 Å². The van der Waals surface area contributed by atoms with Crippen LogP contribution in [-0.4, -0.2) is 329 Å². The molecule has 47 nitrogen and oxygen atoms in total. The van der Waals surface area contributed by atoms with Crippen molar-refractivity contribution in [1.29, 1.82) is 0 Å². The average molecular weight is 2000 g/mol. The number of esters is 9. The van der Waals surface area contributed by atoms with Crippen molar-refractivity contribution in [3.8, 4) is 0 Å². The van der Waals surface area contributed by atoms with E-state index in [4.69, 9.17) is 85.3 Å². The fourth-order valence-corrected chi connectivity index (χ4v) is 15.0. The maximum Gasteiger partial charge on any atom is 0.303 e. The fourth-order valence-electron chi connectivity index (χ4n) is 15.0. The van der Waals surface area contributed by atoms with Crippen LogP contribution in [0.25, 0.3) is 0 Å². The van der Waals surface area contributed by atoms with E-state index in [0.29, 0.717) is 70.1 Å². The minimum atomic E-state index is -1.44. The maximum atomic E-state index is 14.1. The second kappa shape index (κ2) is 71.1. The van der Waals surface area contributed by atoms with Crippen LogP contribution in [-0.2, 0) is 176 Å². The van der Waals surface area contributed by atoms with Gasteiger partial charge in [-0.15, -0.1) is 0 Å². The molecule has 3 rings (SSSR count). The second-order valence-corrected chi connectivity index (χ2v) is 34.8. The molecule has 3 aliphatic heterocycles. The molecule has 0 aromatic carbocycles. The van der Waals surface area contributed by atoms with E-state index in [-0.39, 0.29) is 167 Å². The van der Waals surface area contributed by atoms with Gasteiger partial charge in [0.1, 0.15) is 61.8 Å². The molecule has 7 unspecified atom stereocenters. The number of carbonyl (C=O) groups excluding carboxylic acids is 19. The van der Waals surface area contributed by atoms with Gasteiger partial charge in [-0.1, -0.05) is 65.2 Å². The lowest BCUT2D eigenvalue weighted by Crippen LogP contribution is -2.66. The molecule has 47 heteroatoms. The highest BCUT2D eigenvalue weighted by atomic mass is 16.7. The van der Waals surface area contributed by atoms with E-state index in [2.05, 4.69) is 67.0 Å². The third kappa shape index (κ3) is 56.3. The highest BCUT2D eigenvalue weighted by Gasteiger charge is 2.55. The largest absolute Gasteiger partial charge is 0.463 e. The van der Waals surface area contributed by atoms with Crippen molar-refractivity contribution in [1.82, 2.24) is 53.2 Å². The number of carbonyl (C=O) groups is 19. The molecule has 3 heterocycles. The molecule has 3 fully saturated rings. The molecule has 10 N–H and O–H groups in total. The molecule has 0 spiro atoms. The summed E-state index contributed by atoms with van der Waals surface area (Å²) >= 11 is 0. The summed E-state index contributed by atoms with van der Waals surface area (Å²) in [4.78, 5) is 238. The van der Waals surface area contributed by atoms with E-state index in [9.17, 15) is 91.1 Å². The highest BCUT2D eigenvalue weighted by Crippen LogP contribution is 2.32. The Morgan fingerprint density at radius 1 is 0.264 bits per heavy atom. The molecule has 0 radical (unpaired) electrons. The van der Waals surface area contributed by atoms with Gasteiger partial charge >= 0.3 is 53.7 Å². The Morgan fingerprint density at radius 2 is 0.500 bits per heavy atom. The summed E-state index contributed by atoms with van der Waals surface area (Å²) in [5.74, 6) is -10.0. The van der Waals surface area contributed by atoms with E-state index >= 15 is 0 Å². The molecule has 0 saturated carbocycles. The maximum absolute atomic E-state index is 14.1. The molecular formula is C93H154N10O37.